The van der Waals surface area contributed by atoms with E-state index in [1.807, 2.05) is 37.3 Å². The Balaban J connectivity index is 1.28. The van der Waals surface area contributed by atoms with Gasteiger partial charge in [0.15, 0.2) is 0 Å². The Morgan fingerprint density at radius 2 is 1.82 bits per heavy atom. The summed E-state index contributed by atoms with van der Waals surface area (Å²) in [4.78, 5) is 16.8. The van der Waals surface area contributed by atoms with Gasteiger partial charge in [-0.15, -0.1) is 0 Å². The van der Waals surface area contributed by atoms with E-state index in [2.05, 4.69) is 15.1 Å². The third-order valence-electron chi connectivity index (χ3n) is 5.18. The molecular formula is C22H24FN3O2. The monoisotopic (exact) mass is 381 g/mol. The molecule has 5 nitrogen and oxygen atoms in total. The van der Waals surface area contributed by atoms with Crippen molar-refractivity contribution in [3.63, 3.8) is 0 Å². The van der Waals surface area contributed by atoms with E-state index in [0.717, 1.165) is 48.6 Å². The van der Waals surface area contributed by atoms with Crippen LogP contribution in [0.3, 0.4) is 0 Å². The maximum absolute atomic E-state index is 13.1. The number of furan rings is 1. The number of nitrogens with zero attached hydrogens (tertiary/aromatic N) is 2. The Morgan fingerprint density at radius 3 is 2.54 bits per heavy atom. The molecule has 6 heteroatoms. The first-order valence-corrected chi connectivity index (χ1v) is 9.59. The van der Waals surface area contributed by atoms with Crippen LogP contribution in [0.2, 0.25) is 0 Å². The number of halogens is 1. The average Bonchev–Trinajstić information content (AvgIpc) is 3.14. The minimum atomic E-state index is -0.224. The first-order valence-electron chi connectivity index (χ1n) is 9.59. The van der Waals surface area contributed by atoms with Gasteiger partial charge in [0, 0.05) is 37.3 Å². The fraction of sp³-hybridized carbons (Fsp3) is 0.318. The zero-order valence-electron chi connectivity index (χ0n) is 15.9. The molecule has 1 aliphatic heterocycles. The highest BCUT2D eigenvalue weighted by molar-refractivity contribution is 5.80. The maximum atomic E-state index is 13.1. The molecule has 1 fully saturated rings. The Bertz CT molecular complexity index is 913. The molecule has 1 N–H and O–H groups in total. The molecule has 1 saturated heterocycles. The van der Waals surface area contributed by atoms with Gasteiger partial charge < -0.3 is 14.6 Å². The summed E-state index contributed by atoms with van der Waals surface area (Å²) in [5, 5.41) is 4.06. The van der Waals surface area contributed by atoms with Crippen LogP contribution in [-0.2, 0) is 4.79 Å². The fourth-order valence-electron chi connectivity index (χ4n) is 3.59. The van der Waals surface area contributed by atoms with Crippen LogP contribution >= 0.6 is 0 Å². The van der Waals surface area contributed by atoms with Gasteiger partial charge in [0.05, 0.1) is 12.6 Å². The summed E-state index contributed by atoms with van der Waals surface area (Å²) in [5.74, 6) is 0.525. The minimum absolute atomic E-state index is 0.0109. The summed E-state index contributed by atoms with van der Waals surface area (Å²) in [6.07, 6.45) is 0. The van der Waals surface area contributed by atoms with Crippen molar-refractivity contribution in [3.05, 3.63) is 66.2 Å². The Labute approximate surface area is 163 Å². The van der Waals surface area contributed by atoms with E-state index in [4.69, 9.17) is 4.42 Å². The zero-order valence-corrected chi connectivity index (χ0v) is 15.9. The number of benzene rings is 2. The number of amides is 1. The van der Waals surface area contributed by atoms with Crippen molar-refractivity contribution in [2.75, 3.05) is 37.6 Å². The molecule has 0 bridgehead atoms. The second-order valence-electron chi connectivity index (χ2n) is 7.22. The average molecular weight is 381 g/mol. The first-order chi connectivity index (χ1) is 13.6. The Morgan fingerprint density at radius 1 is 1.11 bits per heavy atom. The molecule has 1 aromatic heterocycles. The standard InChI is InChI=1S/C22H24FN3O2/c1-16(21-14-17-4-2-3-5-20(17)28-21)24-22(27)15-25-10-12-26(13-11-25)19-8-6-18(23)7-9-19/h2-9,14,16H,10-13,15H2,1H3,(H,24,27)/t16-/m1/s1. The third kappa shape index (κ3) is 4.17. The second kappa shape index (κ2) is 8.02. The van der Waals surface area contributed by atoms with E-state index in [1.165, 1.54) is 12.1 Å². The van der Waals surface area contributed by atoms with Gasteiger partial charge in [-0.25, -0.2) is 4.39 Å². The van der Waals surface area contributed by atoms with Crippen molar-refractivity contribution in [1.82, 2.24) is 10.2 Å². The van der Waals surface area contributed by atoms with Crippen LogP contribution in [0.5, 0.6) is 0 Å². The molecule has 0 aliphatic carbocycles. The van der Waals surface area contributed by atoms with E-state index < -0.39 is 0 Å². The molecule has 1 amide bonds. The van der Waals surface area contributed by atoms with Crippen molar-refractivity contribution in [3.8, 4) is 0 Å². The van der Waals surface area contributed by atoms with Crippen molar-refractivity contribution in [2.24, 2.45) is 0 Å². The molecule has 3 aromatic rings. The van der Waals surface area contributed by atoms with E-state index in [9.17, 15) is 9.18 Å². The zero-order chi connectivity index (χ0) is 19.5. The van der Waals surface area contributed by atoms with E-state index >= 15 is 0 Å². The largest absolute Gasteiger partial charge is 0.459 e. The van der Waals surface area contributed by atoms with E-state index in [-0.39, 0.29) is 17.8 Å². The number of carbonyl (C=O) groups excluding carboxylic acids is 1. The van der Waals surface area contributed by atoms with Gasteiger partial charge in [0.2, 0.25) is 5.91 Å². The molecular weight excluding hydrogens is 357 g/mol. The number of rotatable bonds is 5. The lowest BCUT2D eigenvalue weighted by Crippen LogP contribution is -2.49. The summed E-state index contributed by atoms with van der Waals surface area (Å²) >= 11 is 0. The number of carbonyl (C=O) groups is 1. The number of hydrogen-bond donors (Lipinski definition) is 1. The lowest BCUT2D eigenvalue weighted by Gasteiger charge is -2.35. The summed E-state index contributed by atoms with van der Waals surface area (Å²) in [6.45, 7) is 5.52. The SMILES string of the molecule is C[C@@H](NC(=O)CN1CCN(c2ccc(F)cc2)CC1)c1cc2ccccc2o1. The highest BCUT2D eigenvalue weighted by Gasteiger charge is 2.21. The van der Waals surface area contributed by atoms with Crippen LogP contribution in [-0.4, -0.2) is 43.5 Å². The second-order valence-corrected chi connectivity index (χ2v) is 7.22. The predicted molar refractivity (Wildman–Crippen MR) is 108 cm³/mol. The molecule has 0 spiro atoms. The maximum Gasteiger partial charge on any atom is 0.234 e. The Hall–Kier alpha value is -2.86. The smallest absolute Gasteiger partial charge is 0.234 e. The first kappa shape index (κ1) is 18.5. The molecule has 28 heavy (non-hydrogen) atoms. The number of hydrogen-bond acceptors (Lipinski definition) is 4. The minimum Gasteiger partial charge on any atom is -0.459 e. The molecule has 2 aromatic carbocycles. The normalized spacial score (nSPS) is 16.3. The molecule has 2 heterocycles. The summed E-state index contributed by atoms with van der Waals surface area (Å²) in [6, 6.07) is 16.2. The number of para-hydroxylation sites is 1. The molecule has 0 saturated carbocycles. The molecule has 0 unspecified atom stereocenters. The van der Waals surface area contributed by atoms with Crippen LogP contribution in [0.4, 0.5) is 10.1 Å². The van der Waals surface area contributed by atoms with Crippen LogP contribution in [0.15, 0.2) is 59.0 Å². The lowest BCUT2D eigenvalue weighted by molar-refractivity contribution is -0.123. The highest BCUT2D eigenvalue weighted by atomic mass is 19.1. The van der Waals surface area contributed by atoms with Crippen LogP contribution in [0, 0.1) is 5.82 Å². The number of piperazine rings is 1. The van der Waals surface area contributed by atoms with E-state index in [0.29, 0.717) is 6.54 Å². The lowest BCUT2D eigenvalue weighted by atomic mass is 10.2. The van der Waals surface area contributed by atoms with Crippen molar-refractivity contribution >= 4 is 22.6 Å². The quantitative estimate of drug-likeness (QED) is 0.734. The fourth-order valence-corrected chi connectivity index (χ4v) is 3.59. The van der Waals surface area contributed by atoms with Crippen molar-refractivity contribution in [1.29, 1.82) is 0 Å². The predicted octanol–water partition coefficient (Wildman–Crippen LogP) is 3.57. The number of nitrogens with one attached hydrogen (secondary N) is 1. The van der Waals surface area contributed by atoms with Gasteiger partial charge in [-0.2, -0.15) is 0 Å². The third-order valence-corrected chi connectivity index (χ3v) is 5.18. The van der Waals surface area contributed by atoms with Crippen LogP contribution < -0.4 is 10.2 Å². The van der Waals surface area contributed by atoms with Gasteiger partial charge in [0.25, 0.3) is 0 Å². The van der Waals surface area contributed by atoms with Gasteiger partial charge >= 0.3 is 0 Å². The molecule has 146 valence electrons. The van der Waals surface area contributed by atoms with Crippen molar-refractivity contribution in [2.45, 2.75) is 13.0 Å². The Kier molecular flexibility index (Phi) is 5.30. The van der Waals surface area contributed by atoms with Gasteiger partial charge in [-0.05, 0) is 43.3 Å². The highest BCUT2D eigenvalue weighted by Crippen LogP contribution is 2.23. The van der Waals surface area contributed by atoms with Gasteiger partial charge in [-0.3, -0.25) is 9.69 Å². The molecule has 1 aliphatic rings. The summed E-state index contributed by atoms with van der Waals surface area (Å²) in [7, 11) is 0. The summed E-state index contributed by atoms with van der Waals surface area (Å²) in [5.41, 5.74) is 1.85. The molecule has 0 radical (unpaired) electrons. The summed E-state index contributed by atoms with van der Waals surface area (Å²) < 4.78 is 18.9. The number of anilines is 1. The van der Waals surface area contributed by atoms with Gasteiger partial charge in [0.1, 0.15) is 17.2 Å². The molecule has 1 atom stereocenters. The van der Waals surface area contributed by atoms with Crippen molar-refractivity contribution < 1.29 is 13.6 Å². The topological polar surface area (TPSA) is 48.7 Å². The molecule has 4 rings (SSSR count). The number of fused-ring (bicyclic) bond motifs is 1. The van der Waals surface area contributed by atoms with E-state index in [1.54, 1.807) is 12.1 Å². The van der Waals surface area contributed by atoms with Gasteiger partial charge in [-0.1, -0.05) is 18.2 Å². The van der Waals surface area contributed by atoms with Crippen LogP contribution in [0.1, 0.15) is 18.7 Å². The van der Waals surface area contributed by atoms with Crippen LogP contribution in [0.25, 0.3) is 11.0 Å².